The first-order valence-electron chi connectivity index (χ1n) is 6.02. The molecule has 16 heavy (non-hydrogen) atoms. The van der Waals surface area contributed by atoms with Crippen LogP contribution >= 0.6 is 12.6 Å². The Hall–Kier alpha value is -0.890. The molecule has 0 radical (unpaired) electrons. The van der Waals surface area contributed by atoms with E-state index in [1.165, 1.54) is 43.6 Å². The van der Waals surface area contributed by atoms with Crippen LogP contribution in [0.3, 0.4) is 0 Å². The lowest BCUT2D eigenvalue weighted by atomic mass is 10.1. The number of piperidine rings is 1. The van der Waals surface area contributed by atoms with Gasteiger partial charge in [0.25, 0.3) is 0 Å². The van der Waals surface area contributed by atoms with E-state index in [2.05, 4.69) is 53.9 Å². The Morgan fingerprint density at radius 1 is 1.19 bits per heavy atom. The summed E-state index contributed by atoms with van der Waals surface area (Å²) >= 11 is 4.18. The third-order valence-electron chi connectivity index (χ3n) is 3.01. The van der Waals surface area contributed by atoms with Gasteiger partial charge in [0.1, 0.15) is 0 Å². The molecule has 2 heteroatoms. The third-order valence-corrected chi connectivity index (χ3v) is 3.22. The molecule has 0 aromatic heterocycles. The topological polar surface area (TPSA) is 3.24 Å². The number of thiol groups is 1. The fourth-order valence-electron chi connectivity index (χ4n) is 2.17. The number of rotatable bonds is 3. The molecule has 86 valence electrons. The Balaban J connectivity index is 2.11. The van der Waals surface area contributed by atoms with Crippen molar-refractivity contribution in [1.29, 1.82) is 0 Å². The van der Waals surface area contributed by atoms with Gasteiger partial charge in [-0.25, -0.2) is 0 Å². The number of nitrogens with zero attached hydrogens (tertiary/aromatic N) is 1. The Labute approximate surface area is 104 Å². The van der Waals surface area contributed by atoms with E-state index in [9.17, 15) is 0 Å². The third kappa shape index (κ3) is 3.05. The first kappa shape index (κ1) is 11.6. The molecule has 0 bridgehead atoms. The van der Waals surface area contributed by atoms with Crippen LogP contribution in [-0.2, 0) is 0 Å². The Morgan fingerprint density at radius 2 is 2.00 bits per heavy atom. The van der Waals surface area contributed by atoms with Crippen LogP contribution in [0.1, 0.15) is 24.8 Å². The fourth-order valence-corrected chi connectivity index (χ4v) is 2.27. The van der Waals surface area contributed by atoms with Crippen molar-refractivity contribution in [2.75, 3.05) is 23.7 Å². The molecule has 0 saturated carbocycles. The minimum Gasteiger partial charge on any atom is -0.372 e. The van der Waals surface area contributed by atoms with Crippen molar-refractivity contribution >= 4 is 24.4 Å². The van der Waals surface area contributed by atoms with Gasteiger partial charge >= 0.3 is 0 Å². The maximum Gasteiger partial charge on any atom is 0.0372 e. The maximum absolute atomic E-state index is 4.18. The van der Waals surface area contributed by atoms with E-state index in [1.807, 2.05) is 0 Å². The van der Waals surface area contributed by atoms with Crippen LogP contribution in [0.25, 0.3) is 6.08 Å². The normalized spacial score (nSPS) is 16.9. The molecule has 0 N–H and O–H groups in total. The molecule has 1 aliphatic heterocycles. The zero-order valence-electron chi connectivity index (χ0n) is 9.60. The predicted octanol–water partition coefficient (Wildman–Crippen LogP) is 3.62. The van der Waals surface area contributed by atoms with E-state index >= 15 is 0 Å². The van der Waals surface area contributed by atoms with E-state index in [4.69, 9.17) is 0 Å². The highest BCUT2D eigenvalue weighted by Crippen LogP contribution is 2.21. The second-order valence-electron chi connectivity index (χ2n) is 4.23. The van der Waals surface area contributed by atoms with Crippen LogP contribution in [0.15, 0.2) is 30.3 Å². The lowest BCUT2D eigenvalue weighted by Gasteiger charge is -2.29. The molecular weight excluding hydrogens is 214 g/mol. The van der Waals surface area contributed by atoms with Crippen molar-refractivity contribution in [3.63, 3.8) is 0 Å². The van der Waals surface area contributed by atoms with Gasteiger partial charge < -0.3 is 4.90 Å². The number of anilines is 1. The van der Waals surface area contributed by atoms with Gasteiger partial charge in [-0.1, -0.05) is 24.3 Å². The Morgan fingerprint density at radius 3 is 2.75 bits per heavy atom. The molecule has 0 spiro atoms. The summed E-state index contributed by atoms with van der Waals surface area (Å²) in [5.74, 6) is 0.800. The van der Waals surface area contributed by atoms with E-state index in [0.717, 1.165) is 5.75 Å². The lowest BCUT2D eigenvalue weighted by Crippen LogP contribution is -2.29. The quantitative estimate of drug-likeness (QED) is 0.780. The molecule has 1 aliphatic rings. The van der Waals surface area contributed by atoms with Crippen molar-refractivity contribution in [2.24, 2.45) is 0 Å². The molecule has 1 saturated heterocycles. The minimum absolute atomic E-state index is 0.800. The average Bonchev–Trinajstić information content (AvgIpc) is 2.38. The Kier molecular flexibility index (Phi) is 4.34. The molecule has 1 nitrogen and oxygen atoms in total. The number of benzene rings is 1. The first-order chi connectivity index (χ1) is 7.90. The second-order valence-corrected chi connectivity index (χ2v) is 4.59. The van der Waals surface area contributed by atoms with Gasteiger partial charge in [0.2, 0.25) is 0 Å². The fraction of sp³-hybridized carbons (Fsp3) is 0.429. The summed E-state index contributed by atoms with van der Waals surface area (Å²) in [5.41, 5.74) is 2.64. The zero-order valence-corrected chi connectivity index (χ0v) is 10.5. The van der Waals surface area contributed by atoms with Gasteiger partial charge in [0.15, 0.2) is 0 Å². The van der Waals surface area contributed by atoms with Crippen LogP contribution in [0.5, 0.6) is 0 Å². The van der Waals surface area contributed by atoms with Crippen molar-refractivity contribution in [1.82, 2.24) is 0 Å². The van der Waals surface area contributed by atoms with E-state index < -0.39 is 0 Å². The molecular formula is C14H19NS. The predicted molar refractivity (Wildman–Crippen MR) is 75.4 cm³/mol. The summed E-state index contributed by atoms with van der Waals surface area (Å²) in [6.45, 7) is 2.42. The SMILES string of the molecule is SCC=Cc1cccc(N2CCCCC2)c1. The molecule has 0 amide bonds. The summed E-state index contributed by atoms with van der Waals surface area (Å²) < 4.78 is 0. The lowest BCUT2D eigenvalue weighted by molar-refractivity contribution is 0.578. The molecule has 0 unspecified atom stereocenters. The molecule has 0 atom stereocenters. The average molecular weight is 233 g/mol. The molecule has 1 aromatic carbocycles. The van der Waals surface area contributed by atoms with Crippen molar-refractivity contribution in [3.05, 3.63) is 35.9 Å². The van der Waals surface area contributed by atoms with Gasteiger partial charge in [-0.05, 0) is 37.0 Å². The van der Waals surface area contributed by atoms with E-state index in [-0.39, 0.29) is 0 Å². The molecule has 1 aromatic rings. The van der Waals surface area contributed by atoms with Gasteiger partial charge in [-0.15, -0.1) is 0 Å². The Bertz CT molecular complexity index is 354. The van der Waals surface area contributed by atoms with Gasteiger partial charge in [-0.3, -0.25) is 0 Å². The van der Waals surface area contributed by atoms with E-state index in [0.29, 0.717) is 0 Å². The summed E-state index contributed by atoms with van der Waals surface area (Å²) in [7, 11) is 0. The standard InChI is InChI=1S/C14H19NS/c16-11-5-7-13-6-4-8-14(12-13)15-9-2-1-3-10-15/h4-8,12,16H,1-3,9-11H2. The highest BCUT2D eigenvalue weighted by atomic mass is 32.1. The zero-order chi connectivity index (χ0) is 11.2. The second kappa shape index (κ2) is 6.00. The van der Waals surface area contributed by atoms with Crippen LogP contribution in [0.4, 0.5) is 5.69 Å². The van der Waals surface area contributed by atoms with Crippen LogP contribution in [-0.4, -0.2) is 18.8 Å². The van der Waals surface area contributed by atoms with Gasteiger partial charge in [0.05, 0.1) is 0 Å². The summed E-state index contributed by atoms with van der Waals surface area (Å²) in [6.07, 6.45) is 8.27. The summed E-state index contributed by atoms with van der Waals surface area (Å²) in [6, 6.07) is 8.77. The van der Waals surface area contributed by atoms with E-state index in [1.54, 1.807) is 0 Å². The maximum atomic E-state index is 4.18. The van der Waals surface area contributed by atoms with Crippen LogP contribution in [0, 0.1) is 0 Å². The molecule has 0 aliphatic carbocycles. The smallest absolute Gasteiger partial charge is 0.0372 e. The van der Waals surface area contributed by atoms with Gasteiger partial charge in [0, 0.05) is 24.5 Å². The highest BCUT2D eigenvalue weighted by molar-refractivity contribution is 7.80. The summed E-state index contributed by atoms with van der Waals surface area (Å²) in [4.78, 5) is 2.49. The highest BCUT2D eigenvalue weighted by Gasteiger charge is 2.10. The number of hydrogen-bond donors (Lipinski definition) is 1. The van der Waals surface area contributed by atoms with Crippen LogP contribution < -0.4 is 4.90 Å². The largest absolute Gasteiger partial charge is 0.372 e. The van der Waals surface area contributed by atoms with Crippen molar-refractivity contribution in [3.8, 4) is 0 Å². The van der Waals surface area contributed by atoms with Crippen molar-refractivity contribution < 1.29 is 0 Å². The van der Waals surface area contributed by atoms with Crippen molar-refractivity contribution in [2.45, 2.75) is 19.3 Å². The molecule has 2 rings (SSSR count). The first-order valence-corrected chi connectivity index (χ1v) is 6.66. The van der Waals surface area contributed by atoms with Crippen LogP contribution in [0.2, 0.25) is 0 Å². The monoisotopic (exact) mass is 233 g/mol. The molecule has 1 fully saturated rings. The van der Waals surface area contributed by atoms with Gasteiger partial charge in [-0.2, -0.15) is 12.6 Å². The number of hydrogen-bond acceptors (Lipinski definition) is 2. The summed E-state index contributed by atoms with van der Waals surface area (Å²) in [5, 5.41) is 0. The minimum atomic E-state index is 0.800. The molecule has 1 heterocycles.